The highest BCUT2D eigenvalue weighted by Gasteiger charge is 2.16. The second-order valence-corrected chi connectivity index (χ2v) is 3.85. The highest BCUT2D eigenvalue weighted by molar-refractivity contribution is 6.31. The van der Waals surface area contributed by atoms with Crippen LogP contribution in [0.15, 0.2) is 36.7 Å². The molecular weight excluding hydrogens is 243 g/mol. The number of hydrogen-bond donors (Lipinski definition) is 2. The van der Waals surface area contributed by atoms with Gasteiger partial charge >= 0.3 is 0 Å². The average Bonchev–Trinajstić information content (AvgIpc) is 2.36. The van der Waals surface area contributed by atoms with Gasteiger partial charge in [-0.05, 0) is 35.4 Å². The van der Waals surface area contributed by atoms with Crippen molar-refractivity contribution in [3.05, 3.63) is 58.6 Å². The fourth-order valence-electron chi connectivity index (χ4n) is 1.57. The highest BCUT2D eigenvalue weighted by atomic mass is 35.5. The molecule has 0 fully saturated rings. The minimum Gasteiger partial charge on any atom is -0.271 e. The summed E-state index contributed by atoms with van der Waals surface area (Å²) in [7, 11) is 0. The maximum Gasteiger partial charge on any atom is 0.123 e. The van der Waals surface area contributed by atoms with Crippen LogP contribution in [-0.2, 0) is 0 Å². The molecule has 0 radical (unpaired) electrons. The maximum atomic E-state index is 13.2. The summed E-state index contributed by atoms with van der Waals surface area (Å²) < 4.78 is 13.2. The van der Waals surface area contributed by atoms with Gasteiger partial charge in [-0.1, -0.05) is 11.6 Å². The Morgan fingerprint density at radius 3 is 2.76 bits per heavy atom. The van der Waals surface area contributed by atoms with Crippen LogP contribution in [0, 0.1) is 5.82 Å². The van der Waals surface area contributed by atoms with Gasteiger partial charge < -0.3 is 0 Å². The van der Waals surface area contributed by atoms with E-state index in [4.69, 9.17) is 17.4 Å². The number of hydrazine groups is 1. The van der Waals surface area contributed by atoms with Crippen molar-refractivity contribution < 1.29 is 4.39 Å². The third-order valence-electron chi connectivity index (χ3n) is 2.38. The van der Waals surface area contributed by atoms with Gasteiger partial charge in [0.15, 0.2) is 0 Å². The molecule has 1 atom stereocenters. The smallest absolute Gasteiger partial charge is 0.123 e. The van der Waals surface area contributed by atoms with E-state index in [9.17, 15) is 4.39 Å². The molecule has 1 aromatic carbocycles. The number of nitrogens with one attached hydrogen (secondary N) is 1. The van der Waals surface area contributed by atoms with Crippen LogP contribution in [0.3, 0.4) is 0 Å². The van der Waals surface area contributed by atoms with Gasteiger partial charge in [-0.3, -0.25) is 5.84 Å². The summed E-state index contributed by atoms with van der Waals surface area (Å²) in [5, 5.41) is 7.86. The first-order chi connectivity index (χ1) is 8.22. The molecule has 0 aliphatic carbocycles. The zero-order chi connectivity index (χ0) is 12.3. The van der Waals surface area contributed by atoms with Gasteiger partial charge in [0.1, 0.15) is 5.82 Å². The van der Waals surface area contributed by atoms with E-state index < -0.39 is 6.04 Å². The SMILES string of the molecule is NNC(c1ccnnc1)c1cc(F)ccc1Cl. The van der Waals surface area contributed by atoms with Crippen molar-refractivity contribution in [2.24, 2.45) is 5.84 Å². The molecule has 3 N–H and O–H groups in total. The second kappa shape index (κ2) is 5.18. The molecule has 1 heterocycles. The molecule has 88 valence electrons. The number of benzene rings is 1. The van der Waals surface area contributed by atoms with Crippen LogP contribution in [0.1, 0.15) is 17.2 Å². The molecule has 0 saturated heterocycles. The molecule has 0 aliphatic heterocycles. The van der Waals surface area contributed by atoms with Gasteiger partial charge in [-0.15, -0.1) is 0 Å². The van der Waals surface area contributed by atoms with Crippen LogP contribution >= 0.6 is 11.6 Å². The fourth-order valence-corrected chi connectivity index (χ4v) is 1.80. The van der Waals surface area contributed by atoms with Gasteiger partial charge in [0.05, 0.1) is 12.2 Å². The van der Waals surface area contributed by atoms with Crippen LogP contribution in [0.25, 0.3) is 0 Å². The Hall–Kier alpha value is -1.56. The van der Waals surface area contributed by atoms with Crippen molar-refractivity contribution in [2.75, 3.05) is 0 Å². The largest absolute Gasteiger partial charge is 0.271 e. The molecular formula is C11H10ClFN4. The summed E-state index contributed by atoms with van der Waals surface area (Å²) >= 11 is 6.02. The summed E-state index contributed by atoms with van der Waals surface area (Å²) in [6.07, 6.45) is 3.08. The monoisotopic (exact) mass is 252 g/mol. The van der Waals surface area contributed by atoms with Crippen LogP contribution in [-0.4, -0.2) is 10.2 Å². The lowest BCUT2D eigenvalue weighted by atomic mass is 10.0. The van der Waals surface area contributed by atoms with Gasteiger partial charge in [0.25, 0.3) is 0 Å². The van der Waals surface area contributed by atoms with Crippen molar-refractivity contribution in [3.8, 4) is 0 Å². The van der Waals surface area contributed by atoms with E-state index in [-0.39, 0.29) is 5.82 Å². The van der Waals surface area contributed by atoms with Crippen molar-refractivity contribution in [3.63, 3.8) is 0 Å². The molecule has 1 aromatic heterocycles. The second-order valence-electron chi connectivity index (χ2n) is 3.44. The van der Waals surface area contributed by atoms with E-state index in [2.05, 4.69) is 15.6 Å². The zero-order valence-electron chi connectivity index (χ0n) is 8.77. The summed E-state index contributed by atoms with van der Waals surface area (Å²) in [6, 6.07) is 5.44. The van der Waals surface area contributed by atoms with Crippen molar-refractivity contribution in [1.29, 1.82) is 0 Å². The van der Waals surface area contributed by atoms with E-state index in [1.165, 1.54) is 24.4 Å². The van der Waals surface area contributed by atoms with Crippen molar-refractivity contribution in [2.45, 2.75) is 6.04 Å². The lowest BCUT2D eigenvalue weighted by molar-refractivity contribution is 0.603. The number of aromatic nitrogens is 2. The average molecular weight is 253 g/mol. The molecule has 4 nitrogen and oxygen atoms in total. The molecule has 0 aliphatic rings. The van der Waals surface area contributed by atoms with E-state index in [1.54, 1.807) is 12.3 Å². The minimum atomic E-state index is -0.423. The molecule has 2 rings (SSSR count). The van der Waals surface area contributed by atoms with Gasteiger partial charge in [-0.2, -0.15) is 10.2 Å². The Kier molecular flexibility index (Phi) is 3.63. The molecule has 1 unspecified atom stereocenters. The molecule has 0 bridgehead atoms. The Bertz CT molecular complexity index is 506. The quantitative estimate of drug-likeness (QED) is 0.646. The molecule has 0 spiro atoms. The van der Waals surface area contributed by atoms with Crippen molar-refractivity contribution in [1.82, 2.24) is 15.6 Å². The van der Waals surface area contributed by atoms with Gasteiger partial charge in [0.2, 0.25) is 0 Å². The zero-order valence-corrected chi connectivity index (χ0v) is 9.53. The van der Waals surface area contributed by atoms with E-state index in [0.29, 0.717) is 10.6 Å². The first kappa shape index (κ1) is 11.9. The summed E-state index contributed by atoms with van der Waals surface area (Å²) in [5.74, 6) is 5.11. The topological polar surface area (TPSA) is 63.8 Å². The number of hydrogen-bond acceptors (Lipinski definition) is 4. The van der Waals surface area contributed by atoms with Gasteiger partial charge in [0, 0.05) is 11.2 Å². The van der Waals surface area contributed by atoms with Crippen LogP contribution in [0.4, 0.5) is 4.39 Å². The molecule has 0 amide bonds. The third-order valence-corrected chi connectivity index (χ3v) is 2.72. The first-order valence-electron chi connectivity index (χ1n) is 4.90. The Balaban J connectivity index is 2.46. The van der Waals surface area contributed by atoms with E-state index in [0.717, 1.165) is 5.56 Å². The molecule has 17 heavy (non-hydrogen) atoms. The Morgan fingerprint density at radius 1 is 1.29 bits per heavy atom. The number of nitrogens with two attached hydrogens (primary N) is 1. The Labute approximate surface area is 103 Å². The third kappa shape index (κ3) is 2.58. The summed E-state index contributed by atoms with van der Waals surface area (Å²) in [6.45, 7) is 0. The molecule has 0 saturated carbocycles. The summed E-state index contributed by atoms with van der Waals surface area (Å²) in [4.78, 5) is 0. The van der Waals surface area contributed by atoms with Gasteiger partial charge in [-0.25, -0.2) is 9.82 Å². The normalized spacial score (nSPS) is 12.4. The molecule has 2 aromatic rings. The minimum absolute atomic E-state index is 0.369. The lowest BCUT2D eigenvalue weighted by Crippen LogP contribution is -2.29. The van der Waals surface area contributed by atoms with E-state index in [1.807, 2.05) is 0 Å². The molecule has 6 heteroatoms. The number of nitrogens with zero attached hydrogens (tertiary/aromatic N) is 2. The first-order valence-corrected chi connectivity index (χ1v) is 5.28. The Morgan fingerprint density at radius 2 is 2.12 bits per heavy atom. The van der Waals surface area contributed by atoms with Crippen LogP contribution < -0.4 is 11.3 Å². The lowest BCUT2D eigenvalue weighted by Gasteiger charge is -2.17. The highest BCUT2D eigenvalue weighted by Crippen LogP contribution is 2.27. The number of rotatable bonds is 3. The van der Waals surface area contributed by atoms with Crippen LogP contribution in [0.5, 0.6) is 0 Å². The standard InChI is InChI=1S/C11H10ClFN4/c12-10-2-1-8(13)5-9(10)11(17-14)7-3-4-15-16-6-7/h1-6,11,17H,14H2. The van der Waals surface area contributed by atoms with E-state index >= 15 is 0 Å². The van der Waals surface area contributed by atoms with Crippen LogP contribution in [0.2, 0.25) is 5.02 Å². The predicted molar refractivity (Wildman–Crippen MR) is 62.6 cm³/mol. The summed E-state index contributed by atoms with van der Waals surface area (Å²) in [5.41, 5.74) is 3.90. The maximum absolute atomic E-state index is 13.2. The predicted octanol–water partition coefficient (Wildman–Crippen LogP) is 1.82. The fraction of sp³-hybridized carbons (Fsp3) is 0.0909. The van der Waals surface area contributed by atoms with Crippen molar-refractivity contribution >= 4 is 11.6 Å². The number of halogens is 2.